The summed E-state index contributed by atoms with van der Waals surface area (Å²) in [6.07, 6.45) is 7.34. The second kappa shape index (κ2) is 5.90. The molecule has 0 atom stereocenters. The Labute approximate surface area is 128 Å². The molecule has 1 aromatic carbocycles. The largest absolute Gasteiger partial charge is 0.355 e. The van der Waals surface area contributed by atoms with Gasteiger partial charge in [0.1, 0.15) is 0 Å². The molecule has 1 aliphatic rings. The van der Waals surface area contributed by atoms with Gasteiger partial charge in [0.2, 0.25) is 5.91 Å². The molecule has 0 spiro atoms. The lowest BCUT2D eigenvalue weighted by Gasteiger charge is -2.40. The van der Waals surface area contributed by atoms with Crippen molar-refractivity contribution in [1.29, 1.82) is 0 Å². The molecule has 2 N–H and O–H groups in total. The normalized spacial score (nSPS) is 16.2. The smallest absolute Gasteiger partial charge is 0.230 e. The van der Waals surface area contributed by atoms with Gasteiger partial charge in [-0.05, 0) is 42.5 Å². The minimum absolute atomic E-state index is 0.125. The molecule has 0 aliphatic heterocycles. The average molecular weight is 304 g/mol. The zero-order valence-corrected chi connectivity index (χ0v) is 12.5. The number of nitrogens with one attached hydrogen (secondary N) is 2. The highest BCUT2D eigenvalue weighted by atomic mass is 35.5. The maximum Gasteiger partial charge on any atom is 0.230 e. The average Bonchev–Trinajstić information content (AvgIpc) is 2.93. The molecule has 3 rings (SSSR count). The van der Waals surface area contributed by atoms with Gasteiger partial charge in [0, 0.05) is 17.8 Å². The van der Waals surface area contributed by atoms with Gasteiger partial charge in [-0.1, -0.05) is 30.2 Å². The molecule has 21 heavy (non-hydrogen) atoms. The minimum atomic E-state index is -0.360. The summed E-state index contributed by atoms with van der Waals surface area (Å²) in [5.41, 5.74) is 1.81. The zero-order chi connectivity index (χ0) is 14.7. The summed E-state index contributed by atoms with van der Waals surface area (Å²) in [7, 11) is 0. The molecule has 0 unspecified atom stereocenters. The molecule has 1 aliphatic carbocycles. The fraction of sp³-hybridized carbons (Fsp3) is 0.375. The first-order valence-corrected chi connectivity index (χ1v) is 7.60. The Morgan fingerprint density at radius 3 is 2.67 bits per heavy atom. The summed E-state index contributed by atoms with van der Waals surface area (Å²) in [5, 5.41) is 10.4. The van der Waals surface area contributed by atoms with E-state index in [-0.39, 0.29) is 11.3 Å². The van der Waals surface area contributed by atoms with Gasteiger partial charge in [-0.25, -0.2) is 0 Å². The molecular formula is C16H18ClN3O. The Bertz CT molecular complexity index is 603. The molecule has 1 aromatic heterocycles. The summed E-state index contributed by atoms with van der Waals surface area (Å²) < 4.78 is 0. The van der Waals surface area contributed by atoms with Crippen LogP contribution >= 0.6 is 11.6 Å². The van der Waals surface area contributed by atoms with Crippen LogP contribution in [0.25, 0.3) is 0 Å². The summed E-state index contributed by atoms with van der Waals surface area (Å²) in [5.74, 6) is 0.125. The van der Waals surface area contributed by atoms with Crippen LogP contribution in [0.4, 0.5) is 0 Å². The van der Waals surface area contributed by atoms with Crippen LogP contribution in [0.2, 0.25) is 5.02 Å². The molecule has 4 nitrogen and oxygen atoms in total. The van der Waals surface area contributed by atoms with Crippen molar-refractivity contribution in [3.63, 3.8) is 0 Å². The summed E-state index contributed by atoms with van der Waals surface area (Å²) in [4.78, 5) is 12.6. The van der Waals surface area contributed by atoms with Crippen molar-refractivity contribution in [2.24, 2.45) is 0 Å². The maximum absolute atomic E-state index is 12.6. The number of halogens is 1. The van der Waals surface area contributed by atoms with Crippen LogP contribution in [0.15, 0.2) is 36.7 Å². The highest BCUT2D eigenvalue weighted by Gasteiger charge is 2.45. The molecule has 1 fully saturated rings. The quantitative estimate of drug-likeness (QED) is 0.892. The van der Waals surface area contributed by atoms with Crippen molar-refractivity contribution in [3.8, 4) is 0 Å². The van der Waals surface area contributed by atoms with Crippen LogP contribution in [0.1, 0.15) is 30.4 Å². The standard InChI is InChI=1S/C16H18ClN3O/c17-14-4-2-13(3-5-14)16(7-1-8-16)15(21)18-9-6-12-10-19-20-11-12/h2-5,10-11H,1,6-9H2,(H,18,21)(H,19,20). The predicted molar refractivity (Wildman–Crippen MR) is 82.3 cm³/mol. The van der Waals surface area contributed by atoms with Crippen LogP contribution in [-0.2, 0) is 16.6 Å². The Morgan fingerprint density at radius 2 is 2.10 bits per heavy atom. The highest BCUT2D eigenvalue weighted by molar-refractivity contribution is 6.30. The second-order valence-electron chi connectivity index (χ2n) is 5.56. The van der Waals surface area contributed by atoms with E-state index in [1.54, 1.807) is 6.20 Å². The number of aromatic amines is 1. The monoisotopic (exact) mass is 303 g/mol. The molecule has 1 heterocycles. The first-order valence-electron chi connectivity index (χ1n) is 7.23. The van der Waals surface area contributed by atoms with Gasteiger partial charge in [-0.15, -0.1) is 0 Å². The van der Waals surface area contributed by atoms with Crippen LogP contribution in [0.3, 0.4) is 0 Å². The Morgan fingerprint density at radius 1 is 1.33 bits per heavy atom. The summed E-state index contributed by atoms with van der Waals surface area (Å²) >= 11 is 5.93. The first kappa shape index (κ1) is 14.1. The number of benzene rings is 1. The number of nitrogens with zero attached hydrogens (tertiary/aromatic N) is 1. The van der Waals surface area contributed by atoms with Gasteiger partial charge >= 0.3 is 0 Å². The fourth-order valence-corrected chi connectivity index (χ4v) is 2.98. The number of hydrogen-bond acceptors (Lipinski definition) is 2. The van der Waals surface area contributed by atoms with Crippen LogP contribution in [0, 0.1) is 0 Å². The summed E-state index contributed by atoms with van der Waals surface area (Å²) in [6.45, 7) is 0.633. The number of carbonyl (C=O) groups is 1. The van der Waals surface area contributed by atoms with Crippen molar-refractivity contribution >= 4 is 17.5 Å². The lowest BCUT2D eigenvalue weighted by molar-refractivity contribution is -0.129. The van der Waals surface area contributed by atoms with E-state index in [9.17, 15) is 4.79 Å². The number of carbonyl (C=O) groups excluding carboxylic acids is 1. The second-order valence-corrected chi connectivity index (χ2v) is 5.99. The lowest BCUT2D eigenvalue weighted by atomic mass is 9.64. The molecule has 110 valence electrons. The number of hydrogen-bond donors (Lipinski definition) is 2. The van der Waals surface area contributed by atoms with E-state index in [4.69, 9.17) is 11.6 Å². The third-order valence-electron chi connectivity index (χ3n) is 4.29. The molecule has 0 bridgehead atoms. The van der Waals surface area contributed by atoms with Crippen molar-refractivity contribution in [2.75, 3.05) is 6.54 Å². The van der Waals surface area contributed by atoms with Crippen molar-refractivity contribution in [3.05, 3.63) is 52.8 Å². The number of H-pyrrole nitrogens is 1. The van der Waals surface area contributed by atoms with Crippen molar-refractivity contribution in [1.82, 2.24) is 15.5 Å². The Kier molecular flexibility index (Phi) is 3.97. The van der Waals surface area contributed by atoms with Crippen molar-refractivity contribution in [2.45, 2.75) is 31.1 Å². The maximum atomic E-state index is 12.6. The van der Waals surface area contributed by atoms with E-state index in [2.05, 4.69) is 15.5 Å². The van der Waals surface area contributed by atoms with E-state index in [0.29, 0.717) is 11.6 Å². The SMILES string of the molecule is O=C(NCCc1cn[nH]c1)C1(c2ccc(Cl)cc2)CCC1. The topological polar surface area (TPSA) is 57.8 Å². The molecule has 2 aromatic rings. The van der Waals surface area contributed by atoms with E-state index in [1.807, 2.05) is 30.5 Å². The number of aromatic nitrogens is 2. The van der Waals surface area contributed by atoms with Gasteiger partial charge in [0.05, 0.1) is 11.6 Å². The number of amides is 1. The lowest BCUT2D eigenvalue weighted by Crippen LogP contribution is -2.49. The molecular weight excluding hydrogens is 286 g/mol. The van der Waals surface area contributed by atoms with Gasteiger partial charge in [0.25, 0.3) is 0 Å². The fourth-order valence-electron chi connectivity index (χ4n) is 2.85. The predicted octanol–water partition coefficient (Wildman–Crippen LogP) is 2.84. The third-order valence-corrected chi connectivity index (χ3v) is 4.54. The minimum Gasteiger partial charge on any atom is -0.355 e. The van der Waals surface area contributed by atoms with E-state index in [1.165, 1.54) is 0 Å². The molecule has 0 saturated heterocycles. The first-order chi connectivity index (χ1) is 10.2. The molecule has 0 radical (unpaired) electrons. The molecule has 1 amide bonds. The van der Waals surface area contributed by atoms with Gasteiger partial charge in [0.15, 0.2) is 0 Å². The molecule has 1 saturated carbocycles. The van der Waals surface area contributed by atoms with E-state index < -0.39 is 0 Å². The third kappa shape index (κ3) is 2.81. The van der Waals surface area contributed by atoms with E-state index >= 15 is 0 Å². The zero-order valence-electron chi connectivity index (χ0n) is 11.7. The van der Waals surface area contributed by atoms with Crippen LogP contribution in [0.5, 0.6) is 0 Å². The Balaban J connectivity index is 1.65. The van der Waals surface area contributed by atoms with Crippen LogP contribution in [-0.4, -0.2) is 22.6 Å². The molecule has 5 heteroatoms. The highest BCUT2D eigenvalue weighted by Crippen LogP contribution is 2.44. The van der Waals surface area contributed by atoms with Gasteiger partial charge in [-0.3, -0.25) is 9.89 Å². The van der Waals surface area contributed by atoms with Gasteiger partial charge < -0.3 is 5.32 Å². The van der Waals surface area contributed by atoms with Crippen LogP contribution < -0.4 is 5.32 Å². The van der Waals surface area contributed by atoms with Gasteiger partial charge in [-0.2, -0.15) is 5.10 Å². The van der Waals surface area contributed by atoms with Crippen molar-refractivity contribution < 1.29 is 4.79 Å². The summed E-state index contributed by atoms with van der Waals surface area (Å²) in [6, 6.07) is 7.65. The van der Waals surface area contributed by atoms with E-state index in [0.717, 1.165) is 36.8 Å². The Hall–Kier alpha value is -1.81. The number of rotatable bonds is 5.